The topological polar surface area (TPSA) is 84.7 Å². The number of nitrogens with one attached hydrogen (secondary N) is 1. The van der Waals surface area contributed by atoms with E-state index in [-0.39, 0.29) is 23.9 Å². The molecule has 3 unspecified atom stereocenters. The van der Waals surface area contributed by atoms with Crippen molar-refractivity contribution in [1.29, 1.82) is 0 Å². The van der Waals surface area contributed by atoms with Crippen LogP contribution < -0.4 is 11.1 Å². The molecule has 0 aromatic heterocycles. The molecule has 2 aliphatic heterocycles. The lowest BCUT2D eigenvalue weighted by atomic mass is 9.84. The summed E-state index contributed by atoms with van der Waals surface area (Å²) in [5.41, 5.74) is 5.26. The van der Waals surface area contributed by atoms with Crippen molar-refractivity contribution in [3.8, 4) is 0 Å². The molecule has 3 atom stereocenters. The predicted octanol–water partition coefficient (Wildman–Crippen LogP) is -0.913. The third-order valence-electron chi connectivity index (χ3n) is 4.07. The Morgan fingerprint density at radius 1 is 1.50 bits per heavy atom. The second kappa shape index (κ2) is 4.85. The van der Waals surface area contributed by atoms with E-state index in [1.165, 1.54) is 0 Å². The number of nitrogens with zero attached hydrogens (tertiary/aromatic N) is 1. The summed E-state index contributed by atoms with van der Waals surface area (Å²) < 4.78 is 5.30. The van der Waals surface area contributed by atoms with E-state index in [1.807, 2.05) is 6.92 Å². The molecule has 18 heavy (non-hydrogen) atoms. The first-order valence-corrected chi connectivity index (χ1v) is 6.36. The average Bonchev–Trinajstić information content (AvgIpc) is 2.96. The van der Waals surface area contributed by atoms with Gasteiger partial charge in [0.2, 0.25) is 11.8 Å². The molecule has 102 valence electrons. The third-order valence-corrected chi connectivity index (χ3v) is 4.07. The maximum absolute atomic E-state index is 12.6. The second-order valence-electron chi connectivity index (χ2n) is 5.31. The van der Waals surface area contributed by atoms with Crippen LogP contribution in [0.3, 0.4) is 0 Å². The summed E-state index contributed by atoms with van der Waals surface area (Å²) in [6.45, 7) is 3.19. The van der Waals surface area contributed by atoms with E-state index in [0.717, 1.165) is 12.8 Å². The van der Waals surface area contributed by atoms with Gasteiger partial charge in [-0.15, -0.1) is 0 Å². The maximum atomic E-state index is 12.6. The zero-order valence-corrected chi connectivity index (χ0v) is 10.9. The van der Waals surface area contributed by atoms with Crippen molar-refractivity contribution in [2.45, 2.75) is 31.8 Å². The minimum Gasteiger partial charge on any atom is -0.379 e. The van der Waals surface area contributed by atoms with Crippen LogP contribution >= 0.6 is 0 Å². The van der Waals surface area contributed by atoms with Crippen molar-refractivity contribution >= 4 is 11.8 Å². The molecule has 0 aliphatic carbocycles. The second-order valence-corrected chi connectivity index (χ2v) is 5.31. The highest BCUT2D eigenvalue weighted by Gasteiger charge is 2.49. The average molecular weight is 255 g/mol. The number of hydrogen-bond acceptors (Lipinski definition) is 4. The SMILES string of the molecule is CNC(=O)C1CCCN1C(=O)C1(C)COCC1N. The number of likely N-dealkylation sites (N-methyl/N-ethyl adjacent to an activating group) is 1. The van der Waals surface area contributed by atoms with Gasteiger partial charge >= 0.3 is 0 Å². The largest absolute Gasteiger partial charge is 0.379 e. The van der Waals surface area contributed by atoms with Crippen molar-refractivity contribution in [1.82, 2.24) is 10.2 Å². The van der Waals surface area contributed by atoms with Crippen LogP contribution in [0.15, 0.2) is 0 Å². The van der Waals surface area contributed by atoms with Gasteiger partial charge in [-0.25, -0.2) is 0 Å². The molecule has 0 spiro atoms. The molecule has 6 heteroatoms. The molecule has 2 heterocycles. The smallest absolute Gasteiger partial charge is 0.242 e. The summed E-state index contributed by atoms with van der Waals surface area (Å²) in [4.78, 5) is 26.0. The first kappa shape index (κ1) is 13.3. The number of rotatable bonds is 2. The Kier molecular flexibility index (Phi) is 3.59. The molecule has 2 amide bonds. The van der Waals surface area contributed by atoms with Crippen LogP contribution in [0.1, 0.15) is 19.8 Å². The van der Waals surface area contributed by atoms with Gasteiger partial charge in [-0.05, 0) is 19.8 Å². The van der Waals surface area contributed by atoms with Gasteiger partial charge in [0.25, 0.3) is 0 Å². The Hall–Kier alpha value is -1.14. The molecular formula is C12H21N3O3. The Morgan fingerprint density at radius 2 is 2.22 bits per heavy atom. The van der Waals surface area contributed by atoms with E-state index in [2.05, 4.69) is 5.32 Å². The number of carbonyl (C=O) groups excluding carboxylic acids is 2. The van der Waals surface area contributed by atoms with E-state index < -0.39 is 5.41 Å². The van der Waals surface area contributed by atoms with E-state index in [1.54, 1.807) is 11.9 Å². The van der Waals surface area contributed by atoms with Crippen LogP contribution in [0.5, 0.6) is 0 Å². The van der Waals surface area contributed by atoms with Crippen LogP contribution in [-0.4, -0.2) is 55.6 Å². The number of hydrogen-bond donors (Lipinski definition) is 2. The lowest BCUT2D eigenvalue weighted by Gasteiger charge is -2.33. The maximum Gasteiger partial charge on any atom is 0.242 e. The highest BCUT2D eigenvalue weighted by atomic mass is 16.5. The van der Waals surface area contributed by atoms with Gasteiger partial charge < -0.3 is 20.7 Å². The monoisotopic (exact) mass is 255 g/mol. The summed E-state index contributed by atoms with van der Waals surface area (Å²) in [7, 11) is 1.59. The first-order chi connectivity index (χ1) is 8.50. The predicted molar refractivity (Wildman–Crippen MR) is 65.7 cm³/mol. The van der Waals surface area contributed by atoms with Gasteiger partial charge in [-0.2, -0.15) is 0 Å². The Labute approximate surface area is 107 Å². The normalized spacial score (nSPS) is 35.8. The summed E-state index contributed by atoms with van der Waals surface area (Å²) in [6, 6.07) is -0.650. The minimum absolute atomic E-state index is 0.0569. The molecule has 0 saturated carbocycles. The van der Waals surface area contributed by atoms with Crippen molar-refractivity contribution in [3.63, 3.8) is 0 Å². The van der Waals surface area contributed by atoms with Crippen molar-refractivity contribution < 1.29 is 14.3 Å². The van der Waals surface area contributed by atoms with Crippen molar-refractivity contribution in [2.75, 3.05) is 26.8 Å². The van der Waals surface area contributed by atoms with Gasteiger partial charge in [0, 0.05) is 19.6 Å². The molecule has 2 fully saturated rings. The number of likely N-dealkylation sites (tertiary alicyclic amines) is 1. The third kappa shape index (κ3) is 1.99. The summed E-state index contributed by atoms with van der Waals surface area (Å²) >= 11 is 0. The van der Waals surface area contributed by atoms with Gasteiger partial charge in [0.1, 0.15) is 6.04 Å². The molecule has 2 saturated heterocycles. The summed E-state index contributed by atoms with van der Waals surface area (Å²) in [5.74, 6) is -0.157. The lowest BCUT2D eigenvalue weighted by Crippen LogP contribution is -2.55. The molecule has 3 N–H and O–H groups in total. The highest BCUT2D eigenvalue weighted by Crippen LogP contribution is 2.32. The molecule has 2 rings (SSSR count). The minimum atomic E-state index is -0.698. The van der Waals surface area contributed by atoms with Crippen molar-refractivity contribution in [3.05, 3.63) is 0 Å². The number of ether oxygens (including phenoxy) is 1. The van der Waals surface area contributed by atoms with Gasteiger partial charge in [0.15, 0.2) is 0 Å². The fourth-order valence-corrected chi connectivity index (χ4v) is 2.69. The van der Waals surface area contributed by atoms with Crippen LogP contribution in [0.25, 0.3) is 0 Å². The van der Waals surface area contributed by atoms with E-state index in [9.17, 15) is 9.59 Å². The Morgan fingerprint density at radius 3 is 2.78 bits per heavy atom. The van der Waals surface area contributed by atoms with Crippen LogP contribution in [0, 0.1) is 5.41 Å². The van der Waals surface area contributed by atoms with Gasteiger partial charge in [0.05, 0.1) is 18.6 Å². The Bertz CT molecular complexity index is 360. The lowest BCUT2D eigenvalue weighted by molar-refractivity contribution is -0.146. The van der Waals surface area contributed by atoms with E-state index in [0.29, 0.717) is 19.8 Å². The zero-order chi connectivity index (χ0) is 13.3. The number of nitrogens with two attached hydrogens (primary N) is 1. The standard InChI is InChI=1S/C12H21N3O3/c1-12(7-18-6-9(12)13)11(17)15-5-3-4-8(15)10(16)14-2/h8-9H,3-7,13H2,1-2H3,(H,14,16). The number of amides is 2. The van der Waals surface area contributed by atoms with E-state index >= 15 is 0 Å². The number of carbonyl (C=O) groups is 2. The van der Waals surface area contributed by atoms with Crippen molar-refractivity contribution in [2.24, 2.45) is 11.1 Å². The fourth-order valence-electron chi connectivity index (χ4n) is 2.69. The fraction of sp³-hybridized carbons (Fsp3) is 0.833. The summed E-state index contributed by atoms with van der Waals surface area (Å²) in [6.07, 6.45) is 1.58. The zero-order valence-electron chi connectivity index (χ0n) is 10.9. The molecule has 0 aromatic rings. The van der Waals surface area contributed by atoms with Crippen LogP contribution in [-0.2, 0) is 14.3 Å². The Balaban J connectivity index is 2.15. The quantitative estimate of drug-likeness (QED) is 0.669. The van der Waals surface area contributed by atoms with Crippen LogP contribution in [0.2, 0.25) is 0 Å². The van der Waals surface area contributed by atoms with Gasteiger partial charge in [-0.1, -0.05) is 0 Å². The molecule has 0 bridgehead atoms. The van der Waals surface area contributed by atoms with Crippen LogP contribution in [0.4, 0.5) is 0 Å². The summed E-state index contributed by atoms with van der Waals surface area (Å²) in [5, 5.41) is 2.61. The van der Waals surface area contributed by atoms with E-state index in [4.69, 9.17) is 10.5 Å². The van der Waals surface area contributed by atoms with Gasteiger partial charge in [-0.3, -0.25) is 9.59 Å². The molecule has 0 radical (unpaired) electrons. The first-order valence-electron chi connectivity index (χ1n) is 6.36. The molecule has 2 aliphatic rings. The highest BCUT2D eigenvalue weighted by molar-refractivity contribution is 5.91. The molecule has 0 aromatic carbocycles. The molecule has 6 nitrogen and oxygen atoms in total. The molecular weight excluding hydrogens is 234 g/mol.